The average molecular weight is 433 g/mol. The number of benzene rings is 2. The van der Waals surface area contributed by atoms with E-state index in [4.69, 9.17) is 11.6 Å². The van der Waals surface area contributed by atoms with Crippen LogP contribution in [0.3, 0.4) is 0 Å². The molecule has 152 valence electrons. The van der Waals surface area contributed by atoms with E-state index in [2.05, 4.69) is 4.72 Å². The first-order chi connectivity index (χ1) is 13.7. The lowest BCUT2D eigenvalue weighted by molar-refractivity contribution is -0.155. The summed E-state index contributed by atoms with van der Waals surface area (Å²) in [6, 6.07) is 15.4. The van der Waals surface area contributed by atoms with Gasteiger partial charge in [0.2, 0.25) is 5.91 Å². The fourth-order valence-corrected chi connectivity index (χ4v) is 4.71. The van der Waals surface area contributed by atoms with Crippen LogP contribution >= 0.6 is 11.6 Å². The lowest BCUT2D eigenvalue weighted by Crippen LogP contribution is -2.67. The lowest BCUT2D eigenvalue weighted by atomic mass is 9.85. The molecular weight excluding hydrogens is 412 g/mol. The quantitative estimate of drug-likeness (QED) is 0.759. The third kappa shape index (κ3) is 4.52. The molecule has 0 radical (unpaired) electrons. The highest BCUT2D eigenvalue weighted by Crippen LogP contribution is 2.32. The summed E-state index contributed by atoms with van der Waals surface area (Å²) in [5.74, 6) is -0.986. The first-order valence-corrected chi connectivity index (χ1v) is 10.9. The molecule has 1 aliphatic rings. The number of carbonyl (C=O) groups excluding carboxylic acids is 2. The molecule has 1 aliphatic heterocycles. The Balaban J connectivity index is 1.67. The molecule has 2 amide bonds. The molecule has 1 atom stereocenters. The average Bonchev–Trinajstić information content (AvgIpc) is 2.67. The van der Waals surface area contributed by atoms with Crippen LogP contribution in [0.2, 0.25) is 5.02 Å². The molecule has 3 rings (SSSR count). The molecule has 29 heavy (non-hydrogen) atoms. The Morgan fingerprint density at radius 3 is 2.41 bits per heavy atom. The van der Waals surface area contributed by atoms with E-state index in [9.17, 15) is 18.0 Å². The molecule has 6 nitrogen and oxygen atoms in total. The van der Waals surface area contributed by atoms with Crippen LogP contribution in [0.4, 0.5) is 0 Å². The van der Waals surface area contributed by atoms with Crippen molar-refractivity contribution in [1.82, 2.24) is 9.62 Å². The molecular formula is C21H21ClN2O4S. The van der Waals surface area contributed by atoms with Crippen molar-refractivity contribution < 1.29 is 18.0 Å². The minimum Gasteiger partial charge on any atom is -0.328 e. The van der Waals surface area contributed by atoms with Crippen molar-refractivity contribution in [3.63, 3.8) is 0 Å². The van der Waals surface area contributed by atoms with E-state index in [1.807, 2.05) is 36.4 Å². The van der Waals surface area contributed by atoms with E-state index >= 15 is 0 Å². The van der Waals surface area contributed by atoms with Gasteiger partial charge >= 0.3 is 0 Å². The lowest BCUT2D eigenvalue weighted by Gasteiger charge is -2.48. The molecule has 1 fully saturated rings. The van der Waals surface area contributed by atoms with Gasteiger partial charge in [-0.1, -0.05) is 66.2 Å². The second kappa shape index (κ2) is 8.39. The number of carbonyl (C=O) groups is 2. The zero-order valence-electron chi connectivity index (χ0n) is 15.8. The van der Waals surface area contributed by atoms with Crippen molar-refractivity contribution >= 4 is 39.5 Å². The highest BCUT2D eigenvalue weighted by Gasteiger charge is 2.50. The number of hydrogen-bond donors (Lipinski definition) is 1. The van der Waals surface area contributed by atoms with Gasteiger partial charge in [-0.15, -0.1) is 0 Å². The van der Waals surface area contributed by atoms with Crippen molar-refractivity contribution in [3.05, 3.63) is 71.3 Å². The van der Waals surface area contributed by atoms with Gasteiger partial charge in [-0.2, -0.15) is 0 Å². The zero-order valence-corrected chi connectivity index (χ0v) is 17.4. The van der Waals surface area contributed by atoms with Crippen LogP contribution in [0.15, 0.2) is 65.6 Å². The van der Waals surface area contributed by atoms with Crippen LogP contribution in [-0.4, -0.2) is 37.2 Å². The second-order valence-corrected chi connectivity index (χ2v) is 9.01. The van der Waals surface area contributed by atoms with Gasteiger partial charge in [0.1, 0.15) is 10.4 Å². The highest BCUT2D eigenvalue weighted by atomic mass is 35.5. The first kappa shape index (κ1) is 21.1. The third-order valence-electron chi connectivity index (χ3n) is 4.96. The molecule has 2 aromatic rings. The number of hydrogen-bond acceptors (Lipinski definition) is 4. The van der Waals surface area contributed by atoms with Crippen molar-refractivity contribution in [2.75, 3.05) is 6.54 Å². The van der Waals surface area contributed by atoms with E-state index in [0.29, 0.717) is 13.0 Å². The summed E-state index contributed by atoms with van der Waals surface area (Å²) in [7, 11) is -4.14. The summed E-state index contributed by atoms with van der Waals surface area (Å²) >= 11 is 5.94. The molecule has 0 spiro atoms. The molecule has 2 aromatic carbocycles. The smallest absolute Gasteiger partial charge is 0.265 e. The Morgan fingerprint density at radius 1 is 1.14 bits per heavy atom. The Kier molecular flexibility index (Phi) is 6.10. The fourth-order valence-electron chi connectivity index (χ4n) is 3.11. The molecule has 1 saturated heterocycles. The number of amides is 2. The summed E-state index contributed by atoms with van der Waals surface area (Å²) < 4.78 is 27.1. The van der Waals surface area contributed by atoms with Crippen LogP contribution in [0.1, 0.15) is 25.3 Å². The maximum atomic E-state index is 12.7. The van der Waals surface area contributed by atoms with Gasteiger partial charge in [0, 0.05) is 13.0 Å². The number of halogens is 1. The molecule has 0 bridgehead atoms. The molecule has 1 unspecified atom stereocenters. The van der Waals surface area contributed by atoms with Crippen LogP contribution in [-0.2, 0) is 19.6 Å². The highest BCUT2D eigenvalue weighted by molar-refractivity contribution is 7.90. The number of likely N-dealkylation sites (tertiary alicyclic amines) is 1. The van der Waals surface area contributed by atoms with E-state index < -0.39 is 21.5 Å². The van der Waals surface area contributed by atoms with Crippen molar-refractivity contribution in [2.24, 2.45) is 0 Å². The van der Waals surface area contributed by atoms with Crippen molar-refractivity contribution in [1.29, 1.82) is 0 Å². The largest absolute Gasteiger partial charge is 0.328 e. The Labute approximate surface area is 175 Å². The predicted molar refractivity (Wildman–Crippen MR) is 112 cm³/mol. The van der Waals surface area contributed by atoms with E-state index in [0.717, 1.165) is 5.56 Å². The number of nitrogens with zero attached hydrogens (tertiary/aromatic N) is 1. The molecule has 0 aromatic heterocycles. The van der Waals surface area contributed by atoms with E-state index in [-0.39, 0.29) is 22.2 Å². The fraction of sp³-hybridized carbons (Fsp3) is 0.238. The number of rotatable bonds is 6. The van der Waals surface area contributed by atoms with Crippen LogP contribution < -0.4 is 4.72 Å². The van der Waals surface area contributed by atoms with Crippen LogP contribution in [0, 0.1) is 0 Å². The second-order valence-electron chi connectivity index (χ2n) is 6.95. The van der Waals surface area contributed by atoms with Gasteiger partial charge in [-0.3, -0.25) is 9.59 Å². The number of nitrogens with one attached hydrogen (secondary N) is 1. The molecule has 1 heterocycles. The maximum absolute atomic E-state index is 12.7. The van der Waals surface area contributed by atoms with Gasteiger partial charge in [-0.05, 0) is 31.0 Å². The minimum atomic E-state index is -4.14. The van der Waals surface area contributed by atoms with Crippen LogP contribution in [0.25, 0.3) is 6.08 Å². The van der Waals surface area contributed by atoms with Crippen LogP contribution in [0.5, 0.6) is 0 Å². The van der Waals surface area contributed by atoms with Gasteiger partial charge in [0.25, 0.3) is 15.9 Å². The van der Waals surface area contributed by atoms with E-state index in [1.54, 1.807) is 19.1 Å². The van der Waals surface area contributed by atoms with Crippen molar-refractivity contribution in [2.45, 2.75) is 30.2 Å². The Morgan fingerprint density at radius 2 is 1.79 bits per heavy atom. The third-order valence-corrected chi connectivity index (χ3v) is 6.79. The molecule has 0 saturated carbocycles. The number of sulfonamides is 1. The topological polar surface area (TPSA) is 83.6 Å². The summed E-state index contributed by atoms with van der Waals surface area (Å²) in [4.78, 5) is 26.5. The summed E-state index contributed by atoms with van der Waals surface area (Å²) in [5, 5.41) is 0.0190. The standard InChI is InChI=1S/C21H21ClN2O4S/c1-21(20(26)23-29(27,28)18-12-6-5-11-17(18)22)14-15-24(21)19(25)13-7-10-16-8-3-2-4-9-16/h2-12H,13-15H2,1H3,(H,23,26)/b10-7+. The monoisotopic (exact) mass is 432 g/mol. The minimum absolute atomic E-state index is 0.0190. The first-order valence-electron chi connectivity index (χ1n) is 9.08. The van der Waals surface area contributed by atoms with Gasteiger partial charge < -0.3 is 4.90 Å². The summed E-state index contributed by atoms with van der Waals surface area (Å²) in [5.41, 5.74) is -0.248. The van der Waals surface area contributed by atoms with Gasteiger partial charge in [-0.25, -0.2) is 13.1 Å². The zero-order chi connectivity index (χ0) is 21.1. The normalized spacial score (nSPS) is 19.0. The molecule has 1 N–H and O–H groups in total. The SMILES string of the molecule is CC1(C(=O)NS(=O)(=O)c2ccccc2Cl)CCN1C(=O)C/C=C/c1ccccc1. The van der Waals surface area contributed by atoms with Gasteiger partial charge in [0.05, 0.1) is 5.02 Å². The Bertz CT molecular complexity index is 1050. The summed E-state index contributed by atoms with van der Waals surface area (Å²) in [6.45, 7) is 1.96. The van der Waals surface area contributed by atoms with Gasteiger partial charge in [0.15, 0.2) is 0 Å². The molecule has 8 heteroatoms. The summed E-state index contributed by atoms with van der Waals surface area (Å²) in [6.07, 6.45) is 4.06. The Hall–Kier alpha value is -2.64. The molecule has 0 aliphatic carbocycles. The predicted octanol–water partition coefficient (Wildman–Crippen LogP) is 3.24. The van der Waals surface area contributed by atoms with Crippen molar-refractivity contribution in [3.8, 4) is 0 Å². The maximum Gasteiger partial charge on any atom is 0.265 e. The van der Waals surface area contributed by atoms with E-state index in [1.165, 1.54) is 23.1 Å².